The molecule has 3 rings (SSSR count). The van der Waals surface area contributed by atoms with Gasteiger partial charge in [-0.05, 0) is 25.8 Å². The van der Waals surface area contributed by atoms with Crippen molar-refractivity contribution in [2.75, 3.05) is 11.9 Å². The predicted molar refractivity (Wildman–Crippen MR) is 72.9 cm³/mol. The molecule has 2 N–H and O–H groups in total. The second-order valence-electron chi connectivity index (χ2n) is 5.17. The normalized spacial score (nSPS) is 20.5. The molecular formula is C13H19ClN4. The molecule has 0 saturated heterocycles. The standard InChI is InChI=1S/C13H19ClN4/c14-12-10-6-7-15-8-11(10)17-13(18-12)16-9-4-2-1-3-5-9/h9,15H,1-8H2,(H,16,17,18). The van der Waals surface area contributed by atoms with Gasteiger partial charge in [0.1, 0.15) is 5.15 Å². The Bertz CT molecular complexity index is 429. The number of nitrogens with one attached hydrogen (secondary N) is 2. The molecule has 0 aromatic carbocycles. The van der Waals surface area contributed by atoms with E-state index < -0.39 is 0 Å². The average Bonchev–Trinajstić information content (AvgIpc) is 2.40. The fourth-order valence-corrected chi connectivity index (χ4v) is 3.09. The molecule has 18 heavy (non-hydrogen) atoms. The first-order chi connectivity index (χ1) is 8.83. The molecule has 0 bridgehead atoms. The fraction of sp³-hybridized carbons (Fsp3) is 0.692. The van der Waals surface area contributed by atoms with E-state index in [9.17, 15) is 0 Å². The van der Waals surface area contributed by atoms with Gasteiger partial charge in [-0.15, -0.1) is 0 Å². The van der Waals surface area contributed by atoms with E-state index in [1.54, 1.807) is 0 Å². The third-order valence-corrected chi connectivity index (χ3v) is 4.14. The van der Waals surface area contributed by atoms with Crippen LogP contribution in [-0.2, 0) is 13.0 Å². The SMILES string of the molecule is Clc1nc(NC2CCCCC2)nc2c1CCNC2. The van der Waals surface area contributed by atoms with Crippen molar-refractivity contribution in [1.82, 2.24) is 15.3 Å². The van der Waals surface area contributed by atoms with Crippen LogP contribution in [0.25, 0.3) is 0 Å². The summed E-state index contributed by atoms with van der Waals surface area (Å²) in [6.07, 6.45) is 7.33. The predicted octanol–water partition coefficient (Wildman–Crippen LogP) is 2.52. The number of nitrogens with zero attached hydrogens (tertiary/aromatic N) is 2. The summed E-state index contributed by atoms with van der Waals surface area (Å²) < 4.78 is 0. The molecular weight excluding hydrogens is 248 g/mol. The number of anilines is 1. The maximum absolute atomic E-state index is 6.25. The van der Waals surface area contributed by atoms with Crippen LogP contribution >= 0.6 is 11.6 Å². The molecule has 1 aliphatic carbocycles. The summed E-state index contributed by atoms with van der Waals surface area (Å²) in [5.74, 6) is 0.703. The number of aromatic nitrogens is 2. The average molecular weight is 267 g/mol. The van der Waals surface area contributed by atoms with Crippen LogP contribution < -0.4 is 10.6 Å². The minimum atomic E-state index is 0.518. The first-order valence-corrected chi connectivity index (χ1v) is 7.23. The topological polar surface area (TPSA) is 49.8 Å². The largest absolute Gasteiger partial charge is 0.351 e. The van der Waals surface area contributed by atoms with Crippen molar-refractivity contribution in [3.05, 3.63) is 16.4 Å². The monoisotopic (exact) mass is 266 g/mol. The van der Waals surface area contributed by atoms with E-state index in [-0.39, 0.29) is 0 Å². The Hall–Kier alpha value is -0.870. The molecule has 1 aromatic heterocycles. The van der Waals surface area contributed by atoms with Crippen LogP contribution in [0.2, 0.25) is 5.15 Å². The Morgan fingerprint density at radius 1 is 1.17 bits per heavy atom. The molecule has 1 aromatic rings. The summed E-state index contributed by atoms with van der Waals surface area (Å²) >= 11 is 6.25. The van der Waals surface area contributed by atoms with Crippen molar-refractivity contribution >= 4 is 17.5 Å². The van der Waals surface area contributed by atoms with Crippen LogP contribution in [0.4, 0.5) is 5.95 Å². The molecule has 4 nitrogen and oxygen atoms in total. The van der Waals surface area contributed by atoms with Crippen LogP contribution in [0.3, 0.4) is 0 Å². The van der Waals surface area contributed by atoms with Gasteiger partial charge in [0.25, 0.3) is 0 Å². The Morgan fingerprint density at radius 2 is 2.00 bits per heavy atom. The van der Waals surface area contributed by atoms with Crippen LogP contribution in [0.15, 0.2) is 0 Å². The third kappa shape index (κ3) is 2.59. The van der Waals surface area contributed by atoms with Crippen molar-refractivity contribution < 1.29 is 0 Å². The molecule has 1 saturated carbocycles. The summed E-state index contributed by atoms with van der Waals surface area (Å²) in [7, 11) is 0. The van der Waals surface area contributed by atoms with Gasteiger partial charge in [0.05, 0.1) is 5.69 Å². The Balaban J connectivity index is 1.77. The van der Waals surface area contributed by atoms with E-state index in [4.69, 9.17) is 11.6 Å². The van der Waals surface area contributed by atoms with E-state index in [2.05, 4.69) is 20.6 Å². The van der Waals surface area contributed by atoms with Crippen LogP contribution in [-0.4, -0.2) is 22.6 Å². The Morgan fingerprint density at radius 3 is 2.83 bits per heavy atom. The van der Waals surface area contributed by atoms with Crippen LogP contribution in [0.5, 0.6) is 0 Å². The fourth-order valence-electron chi connectivity index (χ4n) is 2.81. The number of fused-ring (bicyclic) bond motifs is 1. The number of rotatable bonds is 2. The van der Waals surface area contributed by atoms with Crippen molar-refractivity contribution in [2.24, 2.45) is 0 Å². The van der Waals surface area contributed by atoms with Gasteiger partial charge in [0.15, 0.2) is 0 Å². The summed E-state index contributed by atoms with van der Waals surface area (Å²) in [5.41, 5.74) is 2.17. The second kappa shape index (κ2) is 5.41. The molecule has 2 heterocycles. The number of halogens is 1. The molecule has 0 atom stereocenters. The van der Waals surface area contributed by atoms with Crippen molar-refractivity contribution in [3.8, 4) is 0 Å². The summed E-state index contributed by atoms with van der Waals surface area (Å²) in [5, 5.41) is 7.38. The highest BCUT2D eigenvalue weighted by Gasteiger charge is 2.19. The highest BCUT2D eigenvalue weighted by atomic mass is 35.5. The van der Waals surface area contributed by atoms with Gasteiger partial charge in [-0.1, -0.05) is 30.9 Å². The maximum atomic E-state index is 6.25. The molecule has 1 aliphatic heterocycles. The lowest BCUT2D eigenvalue weighted by Gasteiger charge is -2.24. The molecule has 0 spiro atoms. The van der Waals surface area contributed by atoms with E-state index in [1.807, 2.05) is 0 Å². The van der Waals surface area contributed by atoms with Crippen molar-refractivity contribution in [2.45, 2.75) is 51.1 Å². The first kappa shape index (κ1) is 12.2. The molecule has 1 fully saturated rings. The summed E-state index contributed by atoms with van der Waals surface area (Å²) in [4.78, 5) is 9.00. The lowest BCUT2D eigenvalue weighted by atomic mass is 9.96. The van der Waals surface area contributed by atoms with Crippen molar-refractivity contribution in [1.29, 1.82) is 0 Å². The quantitative estimate of drug-likeness (QED) is 0.808. The summed E-state index contributed by atoms with van der Waals surface area (Å²) in [6, 6.07) is 0.518. The van der Waals surface area contributed by atoms with E-state index >= 15 is 0 Å². The lowest BCUT2D eigenvalue weighted by Crippen LogP contribution is -2.28. The van der Waals surface area contributed by atoms with Crippen molar-refractivity contribution in [3.63, 3.8) is 0 Å². The molecule has 5 heteroatoms. The summed E-state index contributed by atoms with van der Waals surface area (Å²) in [6.45, 7) is 1.77. The molecule has 98 valence electrons. The van der Waals surface area contributed by atoms with Gasteiger partial charge in [0.2, 0.25) is 5.95 Å². The molecule has 2 aliphatic rings. The molecule has 0 amide bonds. The Labute approximate surface area is 113 Å². The van der Waals surface area contributed by atoms with Gasteiger partial charge < -0.3 is 10.6 Å². The van der Waals surface area contributed by atoms with E-state index in [1.165, 1.54) is 32.1 Å². The first-order valence-electron chi connectivity index (χ1n) is 6.85. The third-order valence-electron chi connectivity index (χ3n) is 3.82. The molecule has 0 unspecified atom stereocenters. The number of hydrogen-bond donors (Lipinski definition) is 2. The zero-order valence-corrected chi connectivity index (χ0v) is 11.3. The minimum absolute atomic E-state index is 0.518. The van der Waals surface area contributed by atoms with E-state index in [0.717, 1.165) is 30.8 Å². The van der Waals surface area contributed by atoms with Gasteiger partial charge in [-0.2, -0.15) is 0 Å². The second-order valence-corrected chi connectivity index (χ2v) is 5.53. The zero-order chi connectivity index (χ0) is 12.4. The van der Waals surface area contributed by atoms with E-state index in [0.29, 0.717) is 17.1 Å². The Kier molecular flexibility index (Phi) is 3.66. The zero-order valence-electron chi connectivity index (χ0n) is 10.5. The van der Waals surface area contributed by atoms with Gasteiger partial charge in [-0.25, -0.2) is 9.97 Å². The van der Waals surface area contributed by atoms with Crippen LogP contribution in [0.1, 0.15) is 43.4 Å². The smallest absolute Gasteiger partial charge is 0.224 e. The van der Waals surface area contributed by atoms with Crippen LogP contribution in [0, 0.1) is 0 Å². The van der Waals surface area contributed by atoms with Gasteiger partial charge >= 0.3 is 0 Å². The molecule has 0 radical (unpaired) electrons. The minimum Gasteiger partial charge on any atom is -0.351 e. The maximum Gasteiger partial charge on any atom is 0.224 e. The van der Waals surface area contributed by atoms with Gasteiger partial charge in [0, 0.05) is 18.2 Å². The number of hydrogen-bond acceptors (Lipinski definition) is 4. The highest BCUT2D eigenvalue weighted by molar-refractivity contribution is 6.30. The lowest BCUT2D eigenvalue weighted by molar-refractivity contribution is 0.460. The highest BCUT2D eigenvalue weighted by Crippen LogP contribution is 2.24. The van der Waals surface area contributed by atoms with Gasteiger partial charge in [-0.3, -0.25) is 0 Å².